The topological polar surface area (TPSA) is 32.3 Å². The van der Waals surface area contributed by atoms with Crippen molar-refractivity contribution in [1.29, 1.82) is 0 Å². The summed E-state index contributed by atoms with van der Waals surface area (Å²) in [4.78, 5) is 14.2. The number of carbonyl (C=O) groups is 1. The zero-order valence-electron chi connectivity index (χ0n) is 11.6. The number of hydrogen-bond acceptors (Lipinski definition) is 2. The van der Waals surface area contributed by atoms with Crippen molar-refractivity contribution < 1.29 is 4.79 Å². The van der Waals surface area contributed by atoms with Gasteiger partial charge in [0.15, 0.2) is 0 Å². The van der Waals surface area contributed by atoms with Crippen molar-refractivity contribution in [3.05, 3.63) is 29.3 Å². The summed E-state index contributed by atoms with van der Waals surface area (Å²) in [7, 11) is 1.90. The van der Waals surface area contributed by atoms with Crippen molar-refractivity contribution in [2.45, 2.75) is 44.6 Å². The number of aryl methyl sites for hydroxylation is 2. The molecule has 3 nitrogen and oxygen atoms in total. The van der Waals surface area contributed by atoms with Crippen LogP contribution in [0.2, 0.25) is 0 Å². The van der Waals surface area contributed by atoms with Crippen LogP contribution in [0.5, 0.6) is 0 Å². The van der Waals surface area contributed by atoms with Crippen molar-refractivity contribution in [3.63, 3.8) is 0 Å². The molecule has 1 saturated heterocycles. The Morgan fingerprint density at radius 1 is 1.21 bits per heavy atom. The monoisotopic (exact) mass is 258 g/mol. The van der Waals surface area contributed by atoms with Gasteiger partial charge in [0, 0.05) is 12.7 Å². The third-order valence-electron chi connectivity index (χ3n) is 4.41. The highest BCUT2D eigenvalue weighted by Crippen LogP contribution is 2.26. The normalized spacial score (nSPS) is 22.1. The van der Waals surface area contributed by atoms with E-state index in [2.05, 4.69) is 23.5 Å². The molecule has 1 aliphatic carbocycles. The summed E-state index contributed by atoms with van der Waals surface area (Å²) < 4.78 is 0. The number of benzene rings is 1. The second kappa shape index (κ2) is 5.33. The molecule has 1 unspecified atom stereocenters. The first-order valence-corrected chi connectivity index (χ1v) is 7.38. The van der Waals surface area contributed by atoms with Crippen molar-refractivity contribution in [2.75, 3.05) is 18.5 Å². The van der Waals surface area contributed by atoms with Crippen LogP contribution in [-0.2, 0) is 17.6 Å². The van der Waals surface area contributed by atoms with Crippen LogP contribution in [0.3, 0.4) is 0 Å². The largest absolute Gasteiger partial charge is 0.314 e. The molecule has 3 rings (SSSR count). The van der Waals surface area contributed by atoms with E-state index < -0.39 is 0 Å². The van der Waals surface area contributed by atoms with Gasteiger partial charge in [-0.25, -0.2) is 0 Å². The highest BCUT2D eigenvalue weighted by atomic mass is 16.2. The van der Waals surface area contributed by atoms with Crippen LogP contribution in [0.1, 0.15) is 36.8 Å². The molecular formula is C16H22N2O. The summed E-state index contributed by atoms with van der Waals surface area (Å²) in [6.45, 7) is 0.967. The summed E-state index contributed by atoms with van der Waals surface area (Å²) in [5, 5.41) is 3.28. The van der Waals surface area contributed by atoms with Crippen LogP contribution >= 0.6 is 0 Å². The van der Waals surface area contributed by atoms with Crippen molar-refractivity contribution in [2.24, 2.45) is 0 Å². The molecule has 1 fully saturated rings. The molecule has 1 aliphatic heterocycles. The molecule has 1 aromatic rings. The second-order valence-corrected chi connectivity index (χ2v) is 5.71. The van der Waals surface area contributed by atoms with Crippen molar-refractivity contribution >= 4 is 11.6 Å². The minimum atomic E-state index is 0.0148. The molecule has 0 aromatic heterocycles. The number of likely N-dealkylation sites (N-methyl/N-ethyl adjacent to an activating group) is 1. The average molecular weight is 258 g/mol. The van der Waals surface area contributed by atoms with E-state index in [0.29, 0.717) is 0 Å². The molecule has 3 heteroatoms. The van der Waals surface area contributed by atoms with E-state index in [9.17, 15) is 4.79 Å². The molecule has 0 spiro atoms. The van der Waals surface area contributed by atoms with Gasteiger partial charge >= 0.3 is 0 Å². The van der Waals surface area contributed by atoms with Gasteiger partial charge in [-0.3, -0.25) is 4.79 Å². The van der Waals surface area contributed by atoms with E-state index in [1.165, 1.54) is 30.4 Å². The first kappa shape index (κ1) is 12.7. The lowest BCUT2D eigenvalue weighted by Gasteiger charge is -2.24. The SMILES string of the molecule is CN(C(=O)C1CCCN1)c1ccc2c(c1)CCCC2. The van der Waals surface area contributed by atoms with E-state index >= 15 is 0 Å². The maximum atomic E-state index is 12.4. The van der Waals surface area contributed by atoms with Crippen LogP contribution in [0.25, 0.3) is 0 Å². The van der Waals surface area contributed by atoms with Crippen LogP contribution in [0.15, 0.2) is 18.2 Å². The van der Waals surface area contributed by atoms with Gasteiger partial charge in [0.2, 0.25) is 5.91 Å². The highest BCUT2D eigenvalue weighted by Gasteiger charge is 2.26. The maximum Gasteiger partial charge on any atom is 0.243 e. The van der Waals surface area contributed by atoms with Gasteiger partial charge in [-0.2, -0.15) is 0 Å². The second-order valence-electron chi connectivity index (χ2n) is 5.71. The zero-order valence-corrected chi connectivity index (χ0v) is 11.6. The predicted octanol–water partition coefficient (Wildman–Crippen LogP) is 2.28. The van der Waals surface area contributed by atoms with Crippen LogP contribution in [0, 0.1) is 0 Å². The lowest BCUT2D eigenvalue weighted by atomic mass is 9.91. The van der Waals surface area contributed by atoms with Crippen LogP contribution in [0.4, 0.5) is 5.69 Å². The third-order valence-corrected chi connectivity index (χ3v) is 4.41. The molecule has 0 radical (unpaired) electrons. The standard InChI is InChI=1S/C16H22N2O/c1-18(16(19)15-7-4-10-17-15)14-9-8-12-5-2-3-6-13(12)11-14/h8-9,11,15,17H,2-7,10H2,1H3. The summed E-state index contributed by atoms with van der Waals surface area (Å²) in [6.07, 6.45) is 7.00. The number of hydrogen-bond donors (Lipinski definition) is 1. The molecule has 102 valence electrons. The Hall–Kier alpha value is -1.35. The number of amides is 1. The minimum Gasteiger partial charge on any atom is -0.314 e. The van der Waals surface area contributed by atoms with Gasteiger partial charge in [-0.1, -0.05) is 6.07 Å². The molecule has 1 atom stereocenters. The number of nitrogens with zero attached hydrogens (tertiary/aromatic N) is 1. The quantitative estimate of drug-likeness (QED) is 0.882. The molecule has 0 bridgehead atoms. The van der Waals surface area contributed by atoms with Crippen LogP contribution in [-0.4, -0.2) is 25.5 Å². The fourth-order valence-electron chi connectivity index (χ4n) is 3.18. The molecule has 1 amide bonds. The zero-order chi connectivity index (χ0) is 13.2. The van der Waals surface area contributed by atoms with Gasteiger partial charge in [-0.15, -0.1) is 0 Å². The minimum absolute atomic E-state index is 0.0148. The maximum absolute atomic E-state index is 12.4. The number of anilines is 1. The highest BCUT2D eigenvalue weighted by molar-refractivity contribution is 5.97. The molecular weight excluding hydrogens is 236 g/mol. The molecule has 1 N–H and O–H groups in total. The molecule has 1 heterocycles. The first-order valence-electron chi connectivity index (χ1n) is 7.38. The third kappa shape index (κ3) is 2.52. The van der Waals surface area contributed by atoms with Gasteiger partial charge in [0.1, 0.15) is 0 Å². The molecule has 0 saturated carbocycles. The fourth-order valence-corrected chi connectivity index (χ4v) is 3.18. The Labute approximate surface area is 115 Å². The van der Waals surface area contributed by atoms with Gasteiger partial charge in [-0.05, 0) is 68.3 Å². The first-order chi connectivity index (χ1) is 9.25. The number of fused-ring (bicyclic) bond motifs is 1. The Morgan fingerprint density at radius 2 is 2.00 bits per heavy atom. The molecule has 1 aromatic carbocycles. The Kier molecular flexibility index (Phi) is 3.56. The Balaban J connectivity index is 1.79. The van der Waals surface area contributed by atoms with Gasteiger partial charge < -0.3 is 10.2 Å². The van der Waals surface area contributed by atoms with Gasteiger partial charge in [0.05, 0.1) is 6.04 Å². The number of rotatable bonds is 2. The summed E-state index contributed by atoms with van der Waals surface area (Å²) in [5.41, 5.74) is 3.94. The number of carbonyl (C=O) groups excluding carboxylic acids is 1. The smallest absolute Gasteiger partial charge is 0.243 e. The lowest BCUT2D eigenvalue weighted by molar-refractivity contribution is -0.119. The Morgan fingerprint density at radius 3 is 2.74 bits per heavy atom. The average Bonchev–Trinajstić information content (AvgIpc) is 2.99. The molecule has 2 aliphatic rings. The van der Waals surface area contributed by atoms with E-state index in [1.54, 1.807) is 0 Å². The van der Waals surface area contributed by atoms with E-state index in [-0.39, 0.29) is 11.9 Å². The van der Waals surface area contributed by atoms with E-state index in [1.807, 2.05) is 11.9 Å². The van der Waals surface area contributed by atoms with E-state index in [4.69, 9.17) is 0 Å². The van der Waals surface area contributed by atoms with E-state index in [0.717, 1.165) is 31.5 Å². The summed E-state index contributed by atoms with van der Waals surface area (Å²) in [6, 6.07) is 6.52. The number of nitrogens with one attached hydrogen (secondary N) is 1. The van der Waals surface area contributed by atoms with Crippen molar-refractivity contribution in [1.82, 2.24) is 5.32 Å². The molecule has 19 heavy (non-hydrogen) atoms. The van der Waals surface area contributed by atoms with Crippen molar-refractivity contribution in [3.8, 4) is 0 Å². The van der Waals surface area contributed by atoms with Crippen LogP contribution < -0.4 is 10.2 Å². The fraction of sp³-hybridized carbons (Fsp3) is 0.562. The predicted molar refractivity (Wildman–Crippen MR) is 77.5 cm³/mol. The summed E-state index contributed by atoms with van der Waals surface area (Å²) >= 11 is 0. The lowest BCUT2D eigenvalue weighted by Crippen LogP contribution is -2.41. The van der Waals surface area contributed by atoms with Gasteiger partial charge in [0.25, 0.3) is 0 Å². The summed E-state index contributed by atoms with van der Waals surface area (Å²) in [5.74, 6) is 0.202. The Bertz CT molecular complexity index is 478.